The molecule has 0 bridgehead atoms. The molecule has 6 heteroatoms. The van der Waals surface area contributed by atoms with Gasteiger partial charge in [-0.25, -0.2) is 4.98 Å². The van der Waals surface area contributed by atoms with E-state index in [0.29, 0.717) is 20.8 Å². The van der Waals surface area contributed by atoms with Crippen molar-refractivity contribution < 1.29 is 4.79 Å². The number of carbonyl (C=O) groups is 1. The molecule has 30 heavy (non-hydrogen) atoms. The van der Waals surface area contributed by atoms with E-state index in [0.717, 1.165) is 21.9 Å². The number of hydrogen-bond donors (Lipinski definition) is 0. The fourth-order valence-electron chi connectivity index (χ4n) is 3.53. The number of Topliss-reactive ketones (excluding diaryl/α,β-unsaturated/α-hetero) is 1. The van der Waals surface area contributed by atoms with Crippen LogP contribution in [0, 0.1) is 0 Å². The van der Waals surface area contributed by atoms with E-state index >= 15 is 0 Å². The quantitative estimate of drug-likeness (QED) is 0.338. The van der Waals surface area contributed by atoms with E-state index in [1.165, 1.54) is 22.2 Å². The molecule has 0 spiro atoms. The molecular formula is C24H15ClN2O2S. The minimum Gasteiger partial charge on any atom is -0.292 e. The first-order valence-electron chi connectivity index (χ1n) is 9.35. The molecule has 4 nitrogen and oxygen atoms in total. The van der Waals surface area contributed by atoms with Crippen molar-refractivity contribution in [2.24, 2.45) is 0 Å². The Balaban J connectivity index is 1.57. The van der Waals surface area contributed by atoms with Crippen molar-refractivity contribution in [1.29, 1.82) is 0 Å². The zero-order chi connectivity index (χ0) is 20.7. The first-order valence-corrected chi connectivity index (χ1v) is 10.6. The summed E-state index contributed by atoms with van der Waals surface area (Å²) in [5.41, 5.74) is 2.09. The number of halogens is 1. The average molecular weight is 431 g/mol. The first kappa shape index (κ1) is 18.7. The van der Waals surface area contributed by atoms with Gasteiger partial charge in [-0.2, -0.15) is 0 Å². The minimum atomic E-state index is -0.216. The number of fused-ring (bicyclic) bond motifs is 2. The molecular weight excluding hydrogens is 416 g/mol. The van der Waals surface area contributed by atoms with E-state index in [9.17, 15) is 9.59 Å². The van der Waals surface area contributed by atoms with Crippen molar-refractivity contribution in [1.82, 2.24) is 9.55 Å². The standard InChI is InChI=1S/C24H15ClN2O2S/c25-19-9-7-16(8-10-19)21(28)12-27-14-26-23-22(24(27)29)20(13-30-23)18-6-5-15-3-1-2-4-17(15)11-18/h1-11,13-14H,12H2. The van der Waals surface area contributed by atoms with Gasteiger partial charge in [-0.3, -0.25) is 14.2 Å². The van der Waals surface area contributed by atoms with Crippen molar-refractivity contribution in [3.05, 3.63) is 99.4 Å². The Morgan fingerprint density at radius 1 is 1.00 bits per heavy atom. The van der Waals surface area contributed by atoms with Gasteiger partial charge in [0.05, 0.1) is 18.3 Å². The number of aromatic nitrogens is 2. The van der Waals surface area contributed by atoms with Gasteiger partial charge < -0.3 is 0 Å². The van der Waals surface area contributed by atoms with Crippen LogP contribution in [0.25, 0.3) is 32.1 Å². The molecule has 5 rings (SSSR count). The average Bonchev–Trinajstić information content (AvgIpc) is 3.21. The second-order valence-electron chi connectivity index (χ2n) is 7.00. The smallest absolute Gasteiger partial charge is 0.263 e. The summed E-state index contributed by atoms with van der Waals surface area (Å²) in [5.74, 6) is -0.169. The summed E-state index contributed by atoms with van der Waals surface area (Å²) in [4.78, 5) is 30.9. The van der Waals surface area contributed by atoms with Crippen molar-refractivity contribution in [3.63, 3.8) is 0 Å². The van der Waals surface area contributed by atoms with Crippen LogP contribution in [0.4, 0.5) is 0 Å². The molecule has 2 aromatic heterocycles. The number of thiophene rings is 1. The Labute approximate surface area is 181 Å². The van der Waals surface area contributed by atoms with Crippen LogP contribution in [-0.2, 0) is 6.54 Å². The normalized spacial score (nSPS) is 11.2. The molecule has 0 aliphatic heterocycles. The van der Waals surface area contributed by atoms with Crippen LogP contribution in [0.15, 0.2) is 83.2 Å². The van der Waals surface area contributed by atoms with E-state index in [2.05, 4.69) is 23.2 Å². The van der Waals surface area contributed by atoms with Gasteiger partial charge in [-0.05, 0) is 46.7 Å². The first-order chi connectivity index (χ1) is 14.6. The molecule has 0 amide bonds. The summed E-state index contributed by atoms with van der Waals surface area (Å²) < 4.78 is 1.37. The molecule has 0 saturated carbocycles. The van der Waals surface area contributed by atoms with Gasteiger partial charge in [0.2, 0.25) is 0 Å². The third-order valence-corrected chi connectivity index (χ3v) is 6.24. The summed E-state index contributed by atoms with van der Waals surface area (Å²) in [6, 6.07) is 20.9. The fraction of sp³-hybridized carbons (Fsp3) is 0.0417. The molecule has 0 atom stereocenters. The summed E-state index contributed by atoms with van der Waals surface area (Å²) in [6.45, 7) is -0.0730. The Hall–Kier alpha value is -3.28. The molecule has 0 N–H and O–H groups in total. The highest BCUT2D eigenvalue weighted by Crippen LogP contribution is 2.32. The molecule has 0 unspecified atom stereocenters. The highest BCUT2D eigenvalue weighted by Gasteiger charge is 2.15. The highest BCUT2D eigenvalue weighted by molar-refractivity contribution is 7.17. The lowest BCUT2D eigenvalue weighted by Gasteiger charge is -2.07. The number of nitrogens with zero attached hydrogens (tertiary/aromatic N) is 2. The lowest BCUT2D eigenvalue weighted by molar-refractivity contribution is 0.0970. The topological polar surface area (TPSA) is 52.0 Å². The zero-order valence-corrected chi connectivity index (χ0v) is 17.3. The molecule has 0 fully saturated rings. The van der Waals surface area contributed by atoms with Crippen LogP contribution in [0.1, 0.15) is 10.4 Å². The molecule has 0 aliphatic carbocycles. The molecule has 146 valence electrons. The Morgan fingerprint density at radius 3 is 2.57 bits per heavy atom. The lowest BCUT2D eigenvalue weighted by atomic mass is 10.0. The predicted molar refractivity (Wildman–Crippen MR) is 123 cm³/mol. The number of hydrogen-bond acceptors (Lipinski definition) is 4. The van der Waals surface area contributed by atoms with Crippen LogP contribution < -0.4 is 5.56 Å². The van der Waals surface area contributed by atoms with Crippen molar-refractivity contribution in [2.45, 2.75) is 6.54 Å². The van der Waals surface area contributed by atoms with E-state index in [1.54, 1.807) is 24.3 Å². The number of carbonyl (C=O) groups excluding carboxylic acids is 1. The fourth-order valence-corrected chi connectivity index (χ4v) is 4.56. The van der Waals surface area contributed by atoms with Crippen LogP contribution in [0.2, 0.25) is 5.02 Å². The molecule has 0 aliphatic rings. The predicted octanol–water partition coefficient (Wildman–Crippen LogP) is 5.81. The van der Waals surface area contributed by atoms with Gasteiger partial charge in [-0.15, -0.1) is 11.3 Å². The van der Waals surface area contributed by atoms with Crippen LogP contribution >= 0.6 is 22.9 Å². The van der Waals surface area contributed by atoms with E-state index < -0.39 is 0 Å². The van der Waals surface area contributed by atoms with Crippen LogP contribution in [0.5, 0.6) is 0 Å². The van der Waals surface area contributed by atoms with Gasteiger partial charge in [0.1, 0.15) is 4.83 Å². The maximum Gasteiger partial charge on any atom is 0.263 e. The van der Waals surface area contributed by atoms with Gasteiger partial charge >= 0.3 is 0 Å². The zero-order valence-electron chi connectivity index (χ0n) is 15.7. The number of benzene rings is 3. The summed E-state index contributed by atoms with van der Waals surface area (Å²) in [7, 11) is 0. The van der Waals surface area contributed by atoms with Gasteiger partial charge in [-0.1, -0.05) is 48.0 Å². The maximum atomic E-state index is 13.2. The lowest BCUT2D eigenvalue weighted by Crippen LogP contribution is -2.24. The summed E-state index contributed by atoms with van der Waals surface area (Å²) in [6.07, 6.45) is 1.44. The maximum absolute atomic E-state index is 13.2. The largest absolute Gasteiger partial charge is 0.292 e. The van der Waals surface area contributed by atoms with Gasteiger partial charge in [0.25, 0.3) is 5.56 Å². The van der Waals surface area contributed by atoms with Gasteiger partial charge in [0.15, 0.2) is 5.78 Å². The molecule has 0 radical (unpaired) electrons. The van der Waals surface area contributed by atoms with E-state index in [-0.39, 0.29) is 17.9 Å². The van der Waals surface area contributed by atoms with Gasteiger partial charge in [0, 0.05) is 21.5 Å². The Bertz CT molecular complexity index is 1470. The summed E-state index contributed by atoms with van der Waals surface area (Å²) >= 11 is 7.32. The van der Waals surface area contributed by atoms with Crippen molar-refractivity contribution >= 4 is 49.7 Å². The van der Waals surface area contributed by atoms with Crippen molar-refractivity contribution in [3.8, 4) is 11.1 Å². The molecule has 0 saturated heterocycles. The monoisotopic (exact) mass is 430 g/mol. The highest BCUT2D eigenvalue weighted by atomic mass is 35.5. The molecule has 3 aromatic carbocycles. The summed E-state index contributed by atoms with van der Waals surface area (Å²) in [5, 5.41) is 5.31. The minimum absolute atomic E-state index is 0.0730. The van der Waals surface area contributed by atoms with E-state index in [4.69, 9.17) is 11.6 Å². The van der Waals surface area contributed by atoms with Crippen molar-refractivity contribution in [2.75, 3.05) is 0 Å². The second-order valence-corrected chi connectivity index (χ2v) is 8.29. The second kappa shape index (κ2) is 7.52. The van der Waals surface area contributed by atoms with Crippen LogP contribution in [0.3, 0.4) is 0 Å². The molecule has 2 heterocycles. The molecule has 5 aromatic rings. The Morgan fingerprint density at radius 2 is 1.77 bits per heavy atom. The number of rotatable bonds is 4. The van der Waals surface area contributed by atoms with Crippen LogP contribution in [-0.4, -0.2) is 15.3 Å². The third-order valence-electron chi connectivity index (χ3n) is 5.10. The number of ketones is 1. The van der Waals surface area contributed by atoms with E-state index in [1.807, 2.05) is 29.6 Å². The Kier molecular flexibility index (Phi) is 4.69. The SMILES string of the molecule is O=C(Cn1cnc2scc(-c3ccc4ccccc4c3)c2c1=O)c1ccc(Cl)cc1. The third kappa shape index (κ3) is 3.32.